The first-order chi connectivity index (χ1) is 9.61. The molecular weight excluding hydrogens is 284 g/mol. The van der Waals surface area contributed by atoms with E-state index in [4.69, 9.17) is 16.3 Å². The lowest BCUT2D eigenvalue weighted by atomic mass is 10.2. The molecule has 0 amide bonds. The predicted molar refractivity (Wildman–Crippen MR) is 74.0 cm³/mol. The highest BCUT2D eigenvalue weighted by atomic mass is 35.5. The quantitative estimate of drug-likeness (QED) is 0.518. The zero-order valence-electron chi connectivity index (χ0n) is 10.5. The Morgan fingerprint density at radius 3 is 2.65 bits per heavy atom. The molecule has 0 aliphatic carbocycles. The molecule has 0 atom stereocenters. The van der Waals surface area contributed by atoms with Crippen LogP contribution in [0.3, 0.4) is 0 Å². The van der Waals surface area contributed by atoms with Crippen molar-refractivity contribution in [3.63, 3.8) is 0 Å². The number of anilines is 1. The minimum atomic E-state index is -0.440. The number of rotatable bonds is 5. The van der Waals surface area contributed by atoms with Crippen molar-refractivity contribution in [1.29, 1.82) is 0 Å². The maximum absolute atomic E-state index is 10.6. The van der Waals surface area contributed by atoms with Gasteiger partial charge in [0.15, 0.2) is 16.7 Å². The second-order valence-corrected chi connectivity index (χ2v) is 4.18. The summed E-state index contributed by atoms with van der Waals surface area (Å²) in [5.74, 6) is 0.821. The third-order valence-electron chi connectivity index (χ3n) is 2.57. The molecule has 0 saturated heterocycles. The van der Waals surface area contributed by atoms with Crippen molar-refractivity contribution >= 4 is 23.1 Å². The Balaban J connectivity index is 2.09. The number of nitrogens with zero attached hydrogens (tertiary/aromatic N) is 3. The van der Waals surface area contributed by atoms with E-state index >= 15 is 0 Å². The lowest BCUT2D eigenvalue weighted by molar-refractivity contribution is -0.384. The van der Waals surface area contributed by atoms with Crippen LogP contribution in [-0.4, -0.2) is 22.0 Å². The van der Waals surface area contributed by atoms with Gasteiger partial charge < -0.3 is 10.1 Å². The summed E-state index contributed by atoms with van der Waals surface area (Å²) in [5.41, 5.74) is 0.920. The predicted octanol–water partition coefficient (Wildman–Crippen LogP) is 2.66. The Bertz CT molecular complexity index is 619. The van der Waals surface area contributed by atoms with Gasteiger partial charge >= 0.3 is 0 Å². The smallest absolute Gasteiger partial charge is 0.269 e. The molecule has 7 nitrogen and oxygen atoms in total. The number of ether oxygens (including phenoxy) is 1. The van der Waals surface area contributed by atoms with Gasteiger partial charge in [-0.15, -0.1) is 0 Å². The van der Waals surface area contributed by atoms with Crippen molar-refractivity contribution in [2.24, 2.45) is 0 Å². The monoisotopic (exact) mass is 294 g/mol. The molecule has 0 spiro atoms. The Labute approximate surface area is 119 Å². The molecule has 1 aromatic carbocycles. The average Bonchev–Trinajstić information content (AvgIpc) is 2.45. The maximum atomic E-state index is 10.6. The van der Waals surface area contributed by atoms with Gasteiger partial charge in [0.1, 0.15) is 6.33 Å². The third kappa shape index (κ3) is 3.12. The highest BCUT2D eigenvalue weighted by Gasteiger charge is 2.10. The van der Waals surface area contributed by atoms with Crippen LogP contribution in [0.1, 0.15) is 5.56 Å². The number of nitro benzene ring substituents is 1. The molecule has 1 N–H and O–H groups in total. The Morgan fingerprint density at radius 1 is 1.35 bits per heavy atom. The summed E-state index contributed by atoms with van der Waals surface area (Å²) < 4.78 is 5.11. The summed E-state index contributed by atoms with van der Waals surface area (Å²) in [5, 5.41) is 13.8. The number of halogens is 1. The molecule has 1 aromatic heterocycles. The standard InChI is InChI=1S/C12H11ClN4O3/c1-20-10-11(13)15-7-16-12(10)14-6-8-2-4-9(5-3-8)17(18)19/h2-5,7H,6H2,1H3,(H,14,15,16). The number of hydrogen-bond acceptors (Lipinski definition) is 6. The number of benzene rings is 1. The number of nitrogens with one attached hydrogen (secondary N) is 1. The van der Waals surface area contributed by atoms with Gasteiger partial charge in [-0.1, -0.05) is 23.7 Å². The largest absolute Gasteiger partial charge is 0.490 e. The first kappa shape index (κ1) is 14.0. The van der Waals surface area contributed by atoms with Crippen molar-refractivity contribution in [3.05, 3.63) is 51.4 Å². The summed E-state index contributed by atoms with van der Waals surface area (Å²) in [6.07, 6.45) is 1.32. The van der Waals surface area contributed by atoms with E-state index < -0.39 is 4.92 Å². The molecule has 2 rings (SSSR count). The molecule has 20 heavy (non-hydrogen) atoms. The van der Waals surface area contributed by atoms with Crippen LogP contribution in [0.25, 0.3) is 0 Å². The fraction of sp³-hybridized carbons (Fsp3) is 0.167. The van der Waals surface area contributed by atoms with Gasteiger partial charge in [0.05, 0.1) is 12.0 Å². The minimum absolute atomic E-state index is 0.0522. The van der Waals surface area contributed by atoms with Crippen molar-refractivity contribution < 1.29 is 9.66 Å². The van der Waals surface area contributed by atoms with Crippen molar-refractivity contribution in [2.75, 3.05) is 12.4 Å². The second-order valence-electron chi connectivity index (χ2n) is 3.82. The highest BCUT2D eigenvalue weighted by molar-refractivity contribution is 6.31. The fourth-order valence-corrected chi connectivity index (χ4v) is 1.79. The van der Waals surface area contributed by atoms with E-state index in [2.05, 4.69) is 15.3 Å². The first-order valence-electron chi connectivity index (χ1n) is 5.63. The lowest BCUT2D eigenvalue weighted by Crippen LogP contribution is -2.04. The van der Waals surface area contributed by atoms with Crippen molar-refractivity contribution in [3.8, 4) is 5.75 Å². The van der Waals surface area contributed by atoms with Gasteiger partial charge in [-0.05, 0) is 5.56 Å². The molecule has 104 valence electrons. The lowest BCUT2D eigenvalue weighted by Gasteiger charge is -2.10. The Kier molecular flexibility index (Phi) is 4.31. The van der Waals surface area contributed by atoms with Crippen molar-refractivity contribution in [2.45, 2.75) is 6.54 Å². The van der Waals surface area contributed by atoms with E-state index in [-0.39, 0.29) is 10.8 Å². The molecule has 8 heteroatoms. The van der Waals surface area contributed by atoms with Crippen molar-refractivity contribution in [1.82, 2.24) is 9.97 Å². The van der Waals surface area contributed by atoms with Gasteiger partial charge in [-0.2, -0.15) is 0 Å². The zero-order chi connectivity index (χ0) is 14.5. The topological polar surface area (TPSA) is 90.2 Å². The van der Waals surface area contributed by atoms with Gasteiger partial charge in [0, 0.05) is 18.7 Å². The van der Waals surface area contributed by atoms with E-state index in [0.717, 1.165) is 5.56 Å². The van der Waals surface area contributed by atoms with E-state index in [1.807, 2.05) is 0 Å². The van der Waals surface area contributed by atoms with Gasteiger partial charge in [-0.25, -0.2) is 9.97 Å². The molecule has 0 fully saturated rings. The second kappa shape index (κ2) is 6.16. The highest BCUT2D eigenvalue weighted by Crippen LogP contribution is 2.28. The molecule has 0 aliphatic heterocycles. The fourth-order valence-electron chi connectivity index (χ4n) is 1.58. The number of hydrogen-bond donors (Lipinski definition) is 1. The van der Waals surface area contributed by atoms with Gasteiger partial charge in [0.25, 0.3) is 5.69 Å². The van der Waals surface area contributed by atoms with Crippen LogP contribution in [-0.2, 0) is 6.54 Å². The van der Waals surface area contributed by atoms with Crippen LogP contribution in [0.5, 0.6) is 5.75 Å². The third-order valence-corrected chi connectivity index (χ3v) is 2.84. The molecule has 0 saturated carbocycles. The van der Waals surface area contributed by atoms with E-state index in [0.29, 0.717) is 18.1 Å². The molecule has 0 aliphatic rings. The normalized spacial score (nSPS) is 10.1. The number of methoxy groups -OCH3 is 1. The summed E-state index contributed by atoms with van der Waals surface area (Å²) in [6.45, 7) is 0.432. The average molecular weight is 295 g/mol. The van der Waals surface area contributed by atoms with Crippen LogP contribution in [0.15, 0.2) is 30.6 Å². The zero-order valence-corrected chi connectivity index (χ0v) is 11.3. The van der Waals surface area contributed by atoms with E-state index in [1.54, 1.807) is 12.1 Å². The van der Waals surface area contributed by atoms with E-state index in [9.17, 15) is 10.1 Å². The summed E-state index contributed by atoms with van der Waals surface area (Å²) in [7, 11) is 1.47. The molecule has 0 unspecified atom stereocenters. The van der Waals surface area contributed by atoms with Gasteiger partial charge in [0.2, 0.25) is 0 Å². The minimum Gasteiger partial charge on any atom is -0.490 e. The molecule has 2 aromatic rings. The number of aromatic nitrogens is 2. The maximum Gasteiger partial charge on any atom is 0.269 e. The molecule has 0 radical (unpaired) electrons. The van der Waals surface area contributed by atoms with Crippen LogP contribution < -0.4 is 10.1 Å². The SMILES string of the molecule is COc1c(Cl)ncnc1NCc1ccc([N+](=O)[O-])cc1. The van der Waals surface area contributed by atoms with Crippen LogP contribution in [0.4, 0.5) is 11.5 Å². The van der Waals surface area contributed by atoms with Crippen LogP contribution >= 0.6 is 11.6 Å². The first-order valence-corrected chi connectivity index (χ1v) is 6.01. The number of non-ortho nitro benzene ring substituents is 1. The Hall–Kier alpha value is -2.41. The molecular formula is C12H11ClN4O3. The Morgan fingerprint density at radius 2 is 2.05 bits per heavy atom. The van der Waals surface area contributed by atoms with Crippen LogP contribution in [0, 0.1) is 10.1 Å². The molecule has 0 bridgehead atoms. The summed E-state index contributed by atoms with van der Waals surface area (Å²) >= 11 is 5.88. The van der Waals surface area contributed by atoms with Crippen LogP contribution in [0.2, 0.25) is 5.15 Å². The molecule has 1 heterocycles. The number of nitro groups is 1. The van der Waals surface area contributed by atoms with Gasteiger partial charge in [-0.3, -0.25) is 10.1 Å². The summed E-state index contributed by atoms with van der Waals surface area (Å²) in [4.78, 5) is 18.0. The van der Waals surface area contributed by atoms with E-state index in [1.165, 1.54) is 25.6 Å². The summed E-state index contributed by atoms with van der Waals surface area (Å²) in [6, 6.07) is 6.23.